The van der Waals surface area contributed by atoms with Crippen LogP contribution in [0.5, 0.6) is 0 Å². The standard InChI is InChI=1S/C29H35N7OS/c1-36-27(19-31-17-21-9-3-7-13-26(21)38-25-12-6-2-8-20(25)16-30)35-24-11-5-4-10-23(24)28(36)32-15-14-22-18-33-29(37)34-22/h2-13,22,28,31-32H,14-19,30H2,1H3,(H2,33,34,37). The van der Waals surface area contributed by atoms with Gasteiger partial charge in [-0.2, -0.15) is 0 Å². The maximum atomic E-state index is 11.4. The molecule has 2 amide bonds. The molecular formula is C29H35N7OS. The maximum Gasteiger partial charge on any atom is 0.315 e. The molecule has 2 aliphatic heterocycles. The predicted molar refractivity (Wildman–Crippen MR) is 154 cm³/mol. The Balaban J connectivity index is 1.23. The molecule has 0 radical (unpaired) electrons. The van der Waals surface area contributed by atoms with Crippen LogP contribution >= 0.6 is 11.8 Å². The molecule has 2 aliphatic rings. The number of rotatable bonds is 11. The molecule has 2 heterocycles. The van der Waals surface area contributed by atoms with Gasteiger partial charge in [0.15, 0.2) is 0 Å². The van der Waals surface area contributed by atoms with E-state index in [0.717, 1.165) is 42.2 Å². The van der Waals surface area contributed by atoms with E-state index in [-0.39, 0.29) is 18.2 Å². The zero-order chi connectivity index (χ0) is 26.3. The van der Waals surface area contributed by atoms with Gasteiger partial charge < -0.3 is 26.6 Å². The van der Waals surface area contributed by atoms with Gasteiger partial charge in [-0.05, 0) is 42.3 Å². The summed E-state index contributed by atoms with van der Waals surface area (Å²) in [5, 5.41) is 13.1. The van der Waals surface area contributed by atoms with E-state index in [4.69, 9.17) is 10.7 Å². The SMILES string of the molecule is CN1C(CNCc2ccccc2Sc2ccccc2CN)=Nc2ccccc2C1NCCC1CNC(=O)N1. The predicted octanol–water partition coefficient (Wildman–Crippen LogP) is 3.72. The molecule has 0 aliphatic carbocycles. The van der Waals surface area contributed by atoms with E-state index in [0.29, 0.717) is 19.6 Å². The second-order valence-corrected chi connectivity index (χ2v) is 10.6. The molecule has 2 unspecified atom stereocenters. The first-order valence-corrected chi connectivity index (χ1v) is 13.9. The lowest BCUT2D eigenvalue weighted by atomic mass is 10.1. The molecule has 1 fully saturated rings. The number of carbonyl (C=O) groups excluding carboxylic acids is 1. The Morgan fingerprint density at radius 1 is 1.00 bits per heavy atom. The summed E-state index contributed by atoms with van der Waals surface area (Å²) in [6.45, 7) is 3.36. The van der Waals surface area contributed by atoms with Crippen molar-refractivity contribution in [2.75, 3.05) is 26.7 Å². The maximum absolute atomic E-state index is 11.4. The number of hydrogen-bond acceptors (Lipinski definition) is 7. The largest absolute Gasteiger partial charge is 0.342 e. The van der Waals surface area contributed by atoms with Crippen molar-refractivity contribution >= 4 is 29.3 Å². The van der Waals surface area contributed by atoms with Gasteiger partial charge in [0.05, 0.1) is 12.2 Å². The molecule has 198 valence electrons. The number of amidine groups is 1. The third-order valence-corrected chi connectivity index (χ3v) is 8.17. The molecule has 1 saturated heterocycles. The van der Waals surface area contributed by atoms with E-state index in [1.54, 1.807) is 11.8 Å². The topological polar surface area (TPSA) is 107 Å². The van der Waals surface area contributed by atoms with Crippen LogP contribution in [0.25, 0.3) is 0 Å². The van der Waals surface area contributed by atoms with Crippen LogP contribution in [0.3, 0.4) is 0 Å². The molecule has 0 aromatic heterocycles. The Morgan fingerprint density at radius 2 is 1.71 bits per heavy atom. The van der Waals surface area contributed by atoms with Gasteiger partial charge in [0.1, 0.15) is 12.0 Å². The quantitative estimate of drug-likeness (QED) is 0.259. The number of likely N-dealkylation sites (N-methyl/N-ethyl adjacent to an activating group) is 1. The number of nitrogens with one attached hydrogen (secondary N) is 4. The fourth-order valence-electron chi connectivity index (χ4n) is 4.83. The molecule has 3 aromatic rings. The van der Waals surface area contributed by atoms with Crippen LogP contribution in [0.2, 0.25) is 0 Å². The molecule has 3 aromatic carbocycles. The van der Waals surface area contributed by atoms with Crippen LogP contribution in [0, 0.1) is 0 Å². The van der Waals surface area contributed by atoms with E-state index < -0.39 is 0 Å². The van der Waals surface area contributed by atoms with Crippen molar-refractivity contribution in [2.24, 2.45) is 10.7 Å². The first kappa shape index (κ1) is 26.2. The second-order valence-electron chi connectivity index (χ2n) is 9.52. The van der Waals surface area contributed by atoms with Crippen LogP contribution in [-0.4, -0.2) is 49.5 Å². The monoisotopic (exact) mass is 529 g/mol. The molecular weight excluding hydrogens is 494 g/mol. The Kier molecular flexibility index (Phi) is 8.60. The smallest absolute Gasteiger partial charge is 0.315 e. The lowest BCUT2D eigenvalue weighted by Gasteiger charge is -2.36. The van der Waals surface area contributed by atoms with Crippen molar-refractivity contribution in [2.45, 2.75) is 41.5 Å². The van der Waals surface area contributed by atoms with Crippen LogP contribution in [0.4, 0.5) is 10.5 Å². The van der Waals surface area contributed by atoms with Gasteiger partial charge in [0.25, 0.3) is 0 Å². The highest BCUT2D eigenvalue weighted by Gasteiger charge is 2.27. The van der Waals surface area contributed by atoms with Gasteiger partial charge >= 0.3 is 6.03 Å². The van der Waals surface area contributed by atoms with E-state index >= 15 is 0 Å². The zero-order valence-electron chi connectivity index (χ0n) is 21.6. The fourth-order valence-corrected chi connectivity index (χ4v) is 5.91. The Labute approximate surface area is 228 Å². The summed E-state index contributed by atoms with van der Waals surface area (Å²) in [6.07, 6.45) is 0.874. The number of para-hydroxylation sites is 1. The molecule has 0 saturated carbocycles. The normalized spacial score (nSPS) is 18.5. The van der Waals surface area contributed by atoms with Crippen molar-refractivity contribution in [1.29, 1.82) is 0 Å². The average Bonchev–Trinajstić information content (AvgIpc) is 3.36. The molecule has 0 bridgehead atoms. The van der Waals surface area contributed by atoms with Crippen LogP contribution in [-0.2, 0) is 13.1 Å². The van der Waals surface area contributed by atoms with Crippen molar-refractivity contribution < 1.29 is 4.79 Å². The van der Waals surface area contributed by atoms with E-state index in [1.807, 2.05) is 12.1 Å². The van der Waals surface area contributed by atoms with E-state index in [1.165, 1.54) is 15.4 Å². The van der Waals surface area contributed by atoms with E-state index in [2.05, 4.69) is 93.9 Å². The molecule has 2 atom stereocenters. The van der Waals surface area contributed by atoms with Crippen LogP contribution < -0.4 is 27.0 Å². The number of nitrogens with two attached hydrogens (primary N) is 1. The number of fused-ring (bicyclic) bond motifs is 1. The third kappa shape index (κ3) is 6.19. The molecule has 38 heavy (non-hydrogen) atoms. The first-order chi connectivity index (χ1) is 18.6. The minimum atomic E-state index is -0.0841. The Hall–Kier alpha value is -3.37. The van der Waals surface area contributed by atoms with Crippen LogP contribution in [0.15, 0.2) is 87.6 Å². The van der Waals surface area contributed by atoms with Gasteiger partial charge in [-0.3, -0.25) is 5.32 Å². The van der Waals surface area contributed by atoms with Gasteiger partial charge in [-0.1, -0.05) is 66.4 Å². The highest BCUT2D eigenvalue weighted by atomic mass is 32.2. The van der Waals surface area contributed by atoms with Gasteiger partial charge in [-0.25, -0.2) is 9.79 Å². The summed E-state index contributed by atoms with van der Waals surface area (Å²) in [5.74, 6) is 0.982. The average molecular weight is 530 g/mol. The summed E-state index contributed by atoms with van der Waals surface area (Å²) in [5.41, 5.74) is 10.5. The number of benzene rings is 3. The second kappa shape index (κ2) is 12.4. The summed E-state index contributed by atoms with van der Waals surface area (Å²) in [7, 11) is 2.08. The van der Waals surface area contributed by atoms with Gasteiger partial charge in [0.2, 0.25) is 0 Å². The summed E-state index contributed by atoms with van der Waals surface area (Å²) in [4.78, 5) is 21.0. The van der Waals surface area contributed by atoms with Gasteiger partial charge in [-0.15, -0.1) is 0 Å². The minimum Gasteiger partial charge on any atom is -0.342 e. The highest BCUT2D eigenvalue weighted by Crippen LogP contribution is 2.34. The number of amides is 2. The number of hydrogen-bond donors (Lipinski definition) is 5. The van der Waals surface area contributed by atoms with Gasteiger partial charge in [0, 0.05) is 48.1 Å². The number of aliphatic imine (C=N–C) groups is 1. The third-order valence-electron chi connectivity index (χ3n) is 6.93. The van der Waals surface area contributed by atoms with Crippen LogP contribution in [0.1, 0.15) is 29.3 Å². The first-order valence-electron chi connectivity index (χ1n) is 13.0. The zero-order valence-corrected chi connectivity index (χ0v) is 22.4. The van der Waals surface area contributed by atoms with Crippen molar-refractivity contribution in [1.82, 2.24) is 26.2 Å². The molecule has 8 nitrogen and oxygen atoms in total. The number of urea groups is 1. The molecule has 9 heteroatoms. The summed E-state index contributed by atoms with van der Waals surface area (Å²) >= 11 is 1.76. The Bertz CT molecular complexity index is 1300. The Morgan fingerprint density at radius 3 is 2.47 bits per heavy atom. The molecule has 0 spiro atoms. The number of nitrogens with zero attached hydrogens (tertiary/aromatic N) is 2. The lowest BCUT2D eigenvalue weighted by Crippen LogP contribution is -2.46. The van der Waals surface area contributed by atoms with Crippen molar-refractivity contribution in [3.63, 3.8) is 0 Å². The fraction of sp³-hybridized carbons (Fsp3) is 0.310. The van der Waals surface area contributed by atoms with Crippen molar-refractivity contribution in [3.05, 3.63) is 89.5 Å². The van der Waals surface area contributed by atoms with E-state index in [9.17, 15) is 4.79 Å². The van der Waals surface area contributed by atoms with Crippen molar-refractivity contribution in [3.8, 4) is 0 Å². The molecule has 5 rings (SSSR count). The minimum absolute atomic E-state index is 0.0150. The number of carbonyl (C=O) groups is 1. The summed E-state index contributed by atoms with van der Waals surface area (Å²) in [6, 6.07) is 25.2. The lowest BCUT2D eigenvalue weighted by molar-refractivity contribution is 0.247. The molecule has 6 N–H and O–H groups in total. The highest BCUT2D eigenvalue weighted by molar-refractivity contribution is 7.99. The summed E-state index contributed by atoms with van der Waals surface area (Å²) < 4.78 is 0.